The van der Waals surface area contributed by atoms with Crippen LogP contribution in [0.5, 0.6) is 0 Å². The second-order valence-corrected chi connectivity index (χ2v) is 4.31. The van der Waals surface area contributed by atoms with Gasteiger partial charge in [-0.3, -0.25) is 14.8 Å². The number of hydrogen-bond acceptors (Lipinski definition) is 7. The zero-order valence-electron chi connectivity index (χ0n) is 11.8. The van der Waals surface area contributed by atoms with E-state index in [-0.39, 0.29) is 17.1 Å². The van der Waals surface area contributed by atoms with Crippen LogP contribution in [0.4, 0.5) is 26.0 Å². The van der Waals surface area contributed by atoms with E-state index in [0.717, 1.165) is 24.1 Å². The summed E-state index contributed by atoms with van der Waals surface area (Å²) in [6.07, 6.45) is 1.01. The molecule has 0 aliphatic carbocycles. The summed E-state index contributed by atoms with van der Waals surface area (Å²) >= 11 is 0. The maximum absolute atomic E-state index is 12.3. The molecule has 9 nitrogen and oxygen atoms in total. The Morgan fingerprint density at radius 2 is 2.26 bits per heavy atom. The summed E-state index contributed by atoms with van der Waals surface area (Å²) < 4.78 is 30.0. The molecule has 2 rings (SSSR count). The first-order chi connectivity index (χ1) is 10.9. The zero-order chi connectivity index (χ0) is 17.0. The van der Waals surface area contributed by atoms with Crippen molar-refractivity contribution in [3.63, 3.8) is 0 Å². The Hall–Kier alpha value is -3.11. The second kappa shape index (κ2) is 6.77. The lowest BCUT2D eigenvalue weighted by atomic mass is 10.2. The number of aromatic nitrogens is 3. The van der Waals surface area contributed by atoms with Crippen molar-refractivity contribution in [1.29, 1.82) is 0 Å². The van der Waals surface area contributed by atoms with Gasteiger partial charge in [0.1, 0.15) is 6.54 Å². The van der Waals surface area contributed by atoms with E-state index in [0.29, 0.717) is 0 Å². The Bertz CT molecular complexity index is 734. The average Bonchev–Trinajstić information content (AvgIpc) is 2.92. The van der Waals surface area contributed by atoms with Crippen LogP contribution >= 0.6 is 0 Å². The van der Waals surface area contributed by atoms with E-state index in [1.54, 1.807) is 0 Å². The molecule has 23 heavy (non-hydrogen) atoms. The highest BCUT2D eigenvalue weighted by molar-refractivity contribution is 5.90. The van der Waals surface area contributed by atoms with Crippen LogP contribution in [-0.2, 0) is 11.3 Å². The van der Waals surface area contributed by atoms with Gasteiger partial charge >= 0.3 is 11.7 Å². The molecule has 0 saturated carbocycles. The van der Waals surface area contributed by atoms with Crippen molar-refractivity contribution >= 4 is 23.2 Å². The third-order valence-corrected chi connectivity index (χ3v) is 2.71. The van der Waals surface area contributed by atoms with Gasteiger partial charge in [-0.15, -0.1) is 0 Å². The van der Waals surface area contributed by atoms with Gasteiger partial charge in [-0.25, -0.2) is 18.6 Å². The van der Waals surface area contributed by atoms with Gasteiger partial charge in [-0.2, -0.15) is 5.10 Å². The van der Waals surface area contributed by atoms with Crippen LogP contribution in [0.2, 0.25) is 0 Å². The van der Waals surface area contributed by atoms with Gasteiger partial charge < -0.3 is 10.1 Å². The Kier molecular flexibility index (Phi) is 4.79. The smallest absolute Gasteiger partial charge is 0.339 e. The highest BCUT2D eigenvalue weighted by Crippen LogP contribution is 2.26. The van der Waals surface area contributed by atoms with Crippen molar-refractivity contribution in [2.75, 3.05) is 12.4 Å². The highest BCUT2D eigenvalue weighted by atomic mass is 19.3. The number of alkyl halides is 2. The predicted octanol–water partition coefficient (Wildman–Crippen LogP) is 1.98. The molecule has 0 atom stereocenters. The van der Waals surface area contributed by atoms with E-state index in [1.807, 2.05) is 0 Å². The van der Waals surface area contributed by atoms with Gasteiger partial charge in [0.25, 0.3) is 6.43 Å². The number of esters is 1. The average molecular weight is 327 g/mol. The normalized spacial score (nSPS) is 10.6. The molecule has 0 unspecified atom stereocenters. The van der Waals surface area contributed by atoms with Gasteiger partial charge in [0.05, 0.1) is 29.5 Å². The molecule has 0 aliphatic rings. The lowest BCUT2D eigenvalue weighted by molar-refractivity contribution is -0.384. The van der Waals surface area contributed by atoms with Crippen LogP contribution in [-0.4, -0.2) is 39.2 Å². The number of halogens is 2. The Labute approximate surface area is 128 Å². The number of rotatable bonds is 6. The number of anilines is 2. The Balaban J connectivity index is 2.26. The third-order valence-electron chi connectivity index (χ3n) is 2.71. The minimum Gasteiger partial charge on any atom is -0.465 e. The number of nitrogens with one attached hydrogen (secondary N) is 1. The van der Waals surface area contributed by atoms with E-state index in [9.17, 15) is 23.7 Å². The number of carbonyl (C=O) groups excluding carboxylic acids is 1. The summed E-state index contributed by atoms with van der Waals surface area (Å²) in [5.74, 6) is -0.920. The molecule has 2 aromatic rings. The largest absolute Gasteiger partial charge is 0.465 e. The fourth-order valence-corrected chi connectivity index (χ4v) is 1.72. The van der Waals surface area contributed by atoms with E-state index in [4.69, 9.17) is 0 Å². The van der Waals surface area contributed by atoms with Crippen LogP contribution < -0.4 is 5.32 Å². The molecule has 0 bridgehead atoms. The number of ether oxygens (including phenoxy) is 1. The SMILES string of the molecule is COC(=O)c1cnc(Nc2cnn(CC(F)F)c2)c([N+](=O)[O-])c1. The monoisotopic (exact) mass is 327 g/mol. The van der Waals surface area contributed by atoms with Crippen molar-refractivity contribution in [3.05, 3.63) is 40.3 Å². The van der Waals surface area contributed by atoms with Crippen molar-refractivity contribution in [1.82, 2.24) is 14.8 Å². The molecule has 122 valence electrons. The minimum atomic E-state index is -2.57. The van der Waals surface area contributed by atoms with Gasteiger partial charge in [0, 0.05) is 18.5 Å². The lowest BCUT2D eigenvalue weighted by Crippen LogP contribution is -2.07. The molecule has 0 amide bonds. The van der Waals surface area contributed by atoms with E-state index in [1.165, 1.54) is 12.4 Å². The lowest BCUT2D eigenvalue weighted by Gasteiger charge is -2.05. The van der Waals surface area contributed by atoms with Crippen LogP contribution in [0.25, 0.3) is 0 Å². The summed E-state index contributed by atoms with van der Waals surface area (Å²) in [7, 11) is 1.14. The number of nitrogens with zero attached hydrogens (tertiary/aromatic N) is 4. The van der Waals surface area contributed by atoms with E-state index < -0.39 is 29.6 Å². The molecule has 11 heteroatoms. The first-order valence-electron chi connectivity index (χ1n) is 6.21. The quantitative estimate of drug-likeness (QED) is 0.490. The fourth-order valence-electron chi connectivity index (χ4n) is 1.72. The number of pyridine rings is 1. The van der Waals surface area contributed by atoms with Crippen molar-refractivity contribution in [3.8, 4) is 0 Å². The standard InChI is InChI=1S/C12H11F2N5O4/c1-23-12(20)7-2-9(19(21)22)11(15-3-7)17-8-4-16-18(5-8)6-10(13)14/h2-5,10H,6H2,1H3,(H,15,17). The first-order valence-corrected chi connectivity index (χ1v) is 6.21. The molecule has 0 aromatic carbocycles. The molecule has 0 fully saturated rings. The zero-order valence-corrected chi connectivity index (χ0v) is 11.8. The fraction of sp³-hybridized carbons (Fsp3) is 0.250. The molecule has 0 aliphatic heterocycles. The molecule has 2 aromatic heterocycles. The summed E-state index contributed by atoms with van der Waals surface area (Å²) in [5, 5.41) is 17.4. The summed E-state index contributed by atoms with van der Waals surface area (Å²) in [5.41, 5.74) is -0.306. The number of methoxy groups -OCH3 is 1. The molecule has 2 heterocycles. The van der Waals surface area contributed by atoms with Gasteiger partial charge in [0.15, 0.2) is 0 Å². The molecule has 1 N–H and O–H groups in total. The molecule has 0 saturated heterocycles. The summed E-state index contributed by atoms with van der Waals surface area (Å²) in [4.78, 5) is 25.5. The maximum atomic E-state index is 12.3. The van der Waals surface area contributed by atoms with Crippen molar-refractivity contribution < 1.29 is 23.2 Å². The third kappa shape index (κ3) is 3.96. The Morgan fingerprint density at radius 1 is 1.52 bits per heavy atom. The molecule has 0 radical (unpaired) electrons. The predicted molar refractivity (Wildman–Crippen MR) is 73.7 cm³/mol. The van der Waals surface area contributed by atoms with Crippen LogP contribution in [0, 0.1) is 10.1 Å². The topological polar surface area (TPSA) is 112 Å². The van der Waals surface area contributed by atoms with Crippen LogP contribution in [0.1, 0.15) is 10.4 Å². The summed E-state index contributed by atoms with van der Waals surface area (Å²) in [6.45, 7) is -0.599. The number of hydrogen-bond donors (Lipinski definition) is 1. The van der Waals surface area contributed by atoms with Crippen molar-refractivity contribution in [2.45, 2.75) is 13.0 Å². The Morgan fingerprint density at radius 3 is 2.87 bits per heavy atom. The van der Waals surface area contributed by atoms with Crippen molar-refractivity contribution in [2.24, 2.45) is 0 Å². The molecular weight excluding hydrogens is 316 g/mol. The van der Waals surface area contributed by atoms with Gasteiger partial charge in [-0.1, -0.05) is 0 Å². The first kappa shape index (κ1) is 16.3. The number of carbonyl (C=O) groups is 1. The van der Waals surface area contributed by atoms with Crippen LogP contribution in [0.3, 0.4) is 0 Å². The number of nitro groups is 1. The molecule has 0 spiro atoms. The van der Waals surface area contributed by atoms with Crippen LogP contribution in [0.15, 0.2) is 24.7 Å². The van der Waals surface area contributed by atoms with Gasteiger partial charge in [0.2, 0.25) is 5.82 Å². The van der Waals surface area contributed by atoms with E-state index in [2.05, 4.69) is 20.1 Å². The molecular formula is C12H11F2N5O4. The van der Waals surface area contributed by atoms with Gasteiger partial charge in [-0.05, 0) is 0 Å². The highest BCUT2D eigenvalue weighted by Gasteiger charge is 2.20. The summed E-state index contributed by atoms with van der Waals surface area (Å²) in [6, 6.07) is 1.00. The second-order valence-electron chi connectivity index (χ2n) is 4.31. The van der Waals surface area contributed by atoms with E-state index >= 15 is 0 Å². The maximum Gasteiger partial charge on any atom is 0.339 e. The minimum absolute atomic E-state index is 0.0851.